The molecule has 0 spiro atoms. The summed E-state index contributed by atoms with van der Waals surface area (Å²) in [5.41, 5.74) is 1.06. The zero-order valence-electron chi connectivity index (χ0n) is 15.1. The summed E-state index contributed by atoms with van der Waals surface area (Å²) in [6.45, 7) is 0.749. The van der Waals surface area contributed by atoms with Gasteiger partial charge in [-0.05, 0) is 37.6 Å². The van der Waals surface area contributed by atoms with E-state index in [4.69, 9.17) is 11.6 Å². The van der Waals surface area contributed by atoms with Gasteiger partial charge in [-0.2, -0.15) is 0 Å². The highest BCUT2D eigenvalue weighted by molar-refractivity contribution is 6.31. The van der Waals surface area contributed by atoms with Crippen LogP contribution in [0.5, 0.6) is 0 Å². The van der Waals surface area contributed by atoms with Crippen LogP contribution in [0.1, 0.15) is 23.2 Å². The summed E-state index contributed by atoms with van der Waals surface area (Å²) in [4.78, 5) is 43.3. The summed E-state index contributed by atoms with van der Waals surface area (Å²) in [6, 6.07) is 15.2. The van der Waals surface area contributed by atoms with Crippen molar-refractivity contribution in [2.24, 2.45) is 11.8 Å². The first-order chi connectivity index (χ1) is 13.6. The molecule has 3 aliphatic rings. The molecule has 3 fully saturated rings. The number of amides is 2. The Bertz CT molecular complexity index is 977. The van der Waals surface area contributed by atoms with Crippen LogP contribution in [0.2, 0.25) is 5.02 Å². The summed E-state index contributed by atoms with van der Waals surface area (Å²) >= 11 is 6.08. The van der Waals surface area contributed by atoms with Gasteiger partial charge in [0.1, 0.15) is 0 Å². The minimum atomic E-state index is -0.635. The van der Waals surface area contributed by atoms with Crippen LogP contribution < -0.4 is 4.90 Å². The van der Waals surface area contributed by atoms with Crippen molar-refractivity contribution >= 4 is 34.9 Å². The molecule has 0 aromatic heterocycles. The smallest absolute Gasteiger partial charge is 0.239 e. The molecule has 2 aromatic carbocycles. The summed E-state index contributed by atoms with van der Waals surface area (Å²) in [5.74, 6) is -1.68. The van der Waals surface area contributed by atoms with Crippen molar-refractivity contribution in [3.05, 3.63) is 65.2 Å². The molecule has 3 aliphatic heterocycles. The number of hydrogen-bond donors (Lipinski definition) is 0. The Hall–Kier alpha value is -2.50. The number of imide groups is 1. The molecule has 0 radical (unpaired) electrons. The fourth-order valence-electron chi connectivity index (χ4n) is 5.16. The molecule has 2 aromatic rings. The maximum Gasteiger partial charge on any atom is 0.239 e. The van der Waals surface area contributed by atoms with Crippen molar-refractivity contribution in [2.75, 3.05) is 11.4 Å². The molecule has 5 nitrogen and oxygen atoms in total. The van der Waals surface area contributed by atoms with Gasteiger partial charge in [0.25, 0.3) is 0 Å². The molecular formula is C22H19ClN2O3. The number of hydrogen-bond acceptors (Lipinski definition) is 4. The van der Waals surface area contributed by atoms with Gasteiger partial charge in [-0.3, -0.25) is 19.3 Å². The zero-order valence-corrected chi connectivity index (χ0v) is 15.9. The summed E-state index contributed by atoms with van der Waals surface area (Å²) in [7, 11) is 0. The molecular weight excluding hydrogens is 376 g/mol. The minimum Gasteiger partial charge on any atom is -0.292 e. The number of carbonyl (C=O) groups excluding carboxylic acids is 3. The van der Waals surface area contributed by atoms with Crippen LogP contribution in [-0.2, 0) is 9.59 Å². The fourth-order valence-corrected chi connectivity index (χ4v) is 5.34. The second-order valence-electron chi connectivity index (χ2n) is 7.67. The van der Waals surface area contributed by atoms with Gasteiger partial charge in [-0.15, -0.1) is 0 Å². The van der Waals surface area contributed by atoms with Crippen molar-refractivity contribution in [2.45, 2.75) is 24.9 Å². The average molecular weight is 395 g/mol. The van der Waals surface area contributed by atoms with E-state index in [-0.39, 0.29) is 23.6 Å². The van der Waals surface area contributed by atoms with Crippen LogP contribution in [0.15, 0.2) is 54.6 Å². The third-order valence-corrected chi connectivity index (χ3v) is 6.48. The molecule has 0 aliphatic carbocycles. The lowest BCUT2D eigenvalue weighted by molar-refractivity contribution is -0.123. The largest absolute Gasteiger partial charge is 0.292 e. The maximum absolute atomic E-state index is 13.4. The number of anilines is 1. The highest BCUT2D eigenvalue weighted by Crippen LogP contribution is 2.48. The predicted molar refractivity (Wildman–Crippen MR) is 105 cm³/mol. The lowest BCUT2D eigenvalue weighted by Gasteiger charge is -2.27. The monoisotopic (exact) mass is 394 g/mol. The molecule has 4 atom stereocenters. The van der Waals surface area contributed by atoms with E-state index in [0.29, 0.717) is 16.3 Å². The van der Waals surface area contributed by atoms with E-state index in [0.717, 1.165) is 19.4 Å². The predicted octanol–water partition coefficient (Wildman–Crippen LogP) is 3.18. The van der Waals surface area contributed by atoms with Crippen LogP contribution in [-0.4, -0.2) is 41.1 Å². The number of benzene rings is 2. The molecule has 2 amide bonds. The van der Waals surface area contributed by atoms with Gasteiger partial charge in [0, 0.05) is 16.6 Å². The molecule has 142 valence electrons. The Kier molecular flexibility index (Phi) is 4.11. The van der Waals surface area contributed by atoms with Crippen molar-refractivity contribution in [1.82, 2.24) is 4.90 Å². The third-order valence-electron chi connectivity index (χ3n) is 6.25. The van der Waals surface area contributed by atoms with E-state index < -0.39 is 17.9 Å². The van der Waals surface area contributed by atoms with Crippen molar-refractivity contribution in [1.29, 1.82) is 0 Å². The van der Waals surface area contributed by atoms with Gasteiger partial charge in [-0.1, -0.05) is 48.0 Å². The molecule has 3 heterocycles. The van der Waals surface area contributed by atoms with E-state index in [1.165, 1.54) is 4.90 Å². The van der Waals surface area contributed by atoms with E-state index in [1.54, 1.807) is 36.4 Å². The normalized spacial score (nSPS) is 29.2. The first-order valence-corrected chi connectivity index (χ1v) is 9.94. The highest BCUT2D eigenvalue weighted by Gasteiger charge is 2.64. The number of ketones is 1. The Morgan fingerprint density at radius 3 is 2.46 bits per heavy atom. The summed E-state index contributed by atoms with van der Waals surface area (Å²) < 4.78 is 0. The average Bonchev–Trinajstić information content (AvgIpc) is 3.34. The van der Waals surface area contributed by atoms with Gasteiger partial charge in [0.15, 0.2) is 5.78 Å². The molecule has 0 bridgehead atoms. The number of halogens is 1. The zero-order chi connectivity index (χ0) is 19.4. The molecule has 0 N–H and O–H groups in total. The Labute approximate surface area is 167 Å². The number of carbonyl (C=O) groups is 3. The molecule has 0 saturated carbocycles. The van der Waals surface area contributed by atoms with Crippen LogP contribution in [0.3, 0.4) is 0 Å². The second kappa shape index (κ2) is 6.54. The minimum absolute atomic E-state index is 0.0525. The standard InChI is InChI=1S/C22H19ClN2O3/c23-14-8-4-9-15(12-14)25-21(27)17-16-10-5-11-24(16)19(18(17)22(25)28)20(26)13-6-2-1-3-7-13/h1-4,6-9,12,16-19H,5,10-11H2/t16?,17-,18-,19+/m0/s1. The SMILES string of the molecule is O=C(c1ccccc1)[C@H]1[C@H]2C(=O)N(c3cccc(Cl)c3)C(=O)[C@H]2C2CCCN21. The first-order valence-electron chi connectivity index (χ1n) is 9.56. The lowest BCUT2D eigenvalue weighted by Crippen LogP contribution is -2.46. The van der Waals surface area contributed by atoms with Gasteiger partial charge >= 0.3 is 0 Å². The van der Waals surface area contributed by atoms with Gasteiger partial charge in [0.05, 0.1) is 23.6 Å². The number of Topliss-reactive ketones (excluding diaryl/α,β-unsaturated/α-hetero) is 1. The van der Waals surface area contributed by atoms with Crippen LogP contribution in [0.4, 0.5) is 5.69 Å². The van der Waals surface area contributed by atoms with Crippen molar-refractivity contribution in [3.8, 4) is 0 Å². The lowest BCUT2D eigenvalue weighted by atomic mass is 9.85. The molecule has 3 saturated heterocycles. The van der Waals surface area contributed by atoms with Gasteiger partial charge in [0.2, 0.25) is 11.8 Å². The second-order valence-corrected chi connectivity index (χ2v) is 8.10. The summed E-state index contributed by atoms with van der Waals surface area (Å²) in [6.07, 6.45) is 1.77. The highest BCUT2D eigenvalue weighted by atomic mass is 35.5. The number of nitrogens with zero attached hydrogens (tertiary/aromatic N) is 2. The first kappa shape index (κ1) is 17.6. The topological polar surface area (TPSA) is 57.7 Å². The van der Waals surface area contributed by atoms with Crippen LogP contribution >= 0.6 is 11.6 Å². The van der Waals surface area contributed by atoms with Crippen LogP contribution in [0.25, 0.3) is 0 Å². The Balaban J connectivity index is 1.56. The third kappa shape index (κ3) is 2.46. The van der Waals surface area contributed by atoms with Gasteiger partial charge < -0.3 is 0 Å². The van der Waals surface area contributed by atoms with E-state index in [9.17, 15) is 14.4 Å². The molecule has 28 heavy (non-hydrogen) atoms. The Morgan fingerprint density at radius 2 is 1.71 bits per heavy atom. The molecule has 6 heteroatoms. The molecule has 5 rings (SSSR count). The van der Waals surface area contributed by atoms with E-state index in [1.807, 2.05) is 18.2 Å². The Morgan fingerprint density at radius 1 is 0.964 bits per heavy atom. The quantitative estimate of drug-likeness (QED) is 0.592. The molecule has 1 unspecified atom stereocenters. The number of fused-ring (bicyclic) bond motifs is 3. The fraction of sp³-hybridized carbons (Fsp3) is 0.318. The van der Waals surface area contributed by atoms with E-state index >= 15 is 0 Å². The summed E-state index contributed by atoms with van der Waals surface area (Å²) in [5, 5.41) is 0.467. The van der Waals surface area contributed by atoms with Crippen molar-refractivity contribution < 1.29 is 14.4 Å². The maximum atomic E-state index is 13.4. The number of rotatable bonds is 3. The van der Waals surface area contributed by atoms with Crippen LogP contribution in [0, 0.1) is 11.8 Å². The van der Waals surface area contributed by atoms with E-state index in [2.05, 4.69) is 4.90 Å². The van der Waals surface area contributed by atoms with Crippen molar-refractivity contribution in [3.63, 3.8) is 0 Å². The van der Waals surface area contributed by atoms with Gasteiger partial charge in [-0.25, -0.2) is 4.90 Å².